The number of aliphatic carboxylic acids is 1. The summed E-state index contributed by atoms with van der Waals surface area (Å²) in [7, 11) is 0. The van der Waals surface area contributed by atoms with E-state index in [1.807, 2.05) is 37.3 Å². The largest absolute Gasteiger partial charge is 0.478 e. The Kier molecular flexibility index (Phi) is 61.4. The third-order valence-corrected chi connectivity index (χ3v) is 4.13. The lowest BCUT2D eigenvalue weighted by atomic mass is 10.1. The minimum atomic E-state index is -0.988. The molecule has 0 aliphatic heterocycles. The lowest BCUT2D eigenvalue weighted by molar-refractivity contribution is -0.140. The maximum absolute atomic E-state index is 11.0. The molecule has 260 valence electrons. The number of unbranched alkanes of at least 4 members (excludes halogenated alkanes) is 6. The van der Waals surface area contributed by atoms with E-state index in [-0.39, 0.29) is 45.2 Å². The van der Waals surface area contributed by atoms with Crippen LogP contribution in [0.25, 0.3) is 0 Å². The van der Waals surface area contributed by atoms with Crippen LogP contribution in [0.15, 0.2) is 42.2 Å². The molecule has 1 unspecified atom stereocenters. The lowest BCUT2D eigenvalue weighted by Gasteiger charge is -2.30. The first-order valence-corrected chi connectivity index (χ1v) is 15.4. The molecular weight excluding hydrogens is 556 g/mol. The quantitative estimate of drug-likeness (QED) is 0.0603. The van der Waals surface area contributed by atoms with Gasteiger partial charge in [-0.15, -0.1) is 0 Å². The molecule has 1 rings (SSSR count). The van der Waals surface area contributed by atoms with E-state index >= 15 is 0 Å². The first kappa shape index (κ1) is 53.4. The van der Waals surface area contributed by atoms with Crippen molar-refractivity contribution in [1.29, 1.82) is 0 Å². The summed E-state index contributed by atoms with van der Waals surface area (Å²) in [6, 6.07) is 9.49. The summed E-state index contributed by atoms with van der Waals surface area (Å²) in [6.07, 6.45) is 10.4. The first-order chi connectivity index (χ1) is 20.5. The molecule has 0 saturated carbocycles. The standard InChI is InChI=1S/C21H32O4.6C2H6O/c1-4-5-6-7-8-9-13-16-21(3,24-17-18(2)20(22)23)25-19-14-11-10-12-15-19;6*1-2-3/h10-12,14-15,17H,4-9,13,16H2,1-3H3,(H,22,23);6*3H,2H2,1H3. The number of hydrogen-bond acceptors (Lipinski definition) is 9. The third-order valence-electron chi connectivity index (χ3n) is 4.13. The maximum atomic E-state index is 11.0. The molecule has 0 aliphatic rings. The van der Waals surface area contributed by atoms with Crippen molar-refractivity contribution < 1.29 is 50.0 Å². The number of aliphatic hydroxyl groups excluding tert-OH is 6. The van der Waals surface area contributed by atoms with Gasteiger partial charge in [-0.05, 0) is 67.0 Å². The van der Waals surface area contributed by atoms with Gasteiger partial charge in [0.15, 0.2) is 0 Å². The van der Waals surface area contributed by atoms with Gasteiger partial charge in [0, 0.05) is 53.0 Å². The second kappa shape index (κ2) is 49.5. The highest BCUT2D eigenvalue weighted by Gasteiger charge is 2.27. The van der Waals surface area contributed by atoms with Crippen LogP contribution >= 0.6 is 0 Å². The van der Waals surface area contributed by atoms with Crippen LogP contribution in [-0.4, -0.2) is 87.1 Å². The highest BCUT2D eigenvalue weighted by atomic mass is 16.7. The van der Waals surface area contributed by atoms with Crippen molar-refractivity contribution >= 4 is 5.97 Å². The van der Waals surface area contributed by atoms with Crippen molar-refractivity contribution in [2.24, 2.45) is 0 Å². The molecule has 0 aromatic heterocycles. The number of carboxylic acid groups (broad SMARTS) is 1. The highest BCUT2D eigenvalue weighted by Crippen LogP contribution is 2.26. The van der Waals surface area contributed by atoms with Gasteiger partial charge in [-0.2, -0.15) is 0 Å². The van der Waals surface area contributed by atoms with Gasteiger partial charge in [0.1, 0.15) is 5.75 Å². The number of aliphatic hydroxyl groups is 6. The van der Waals surface area contributed by atoms with E-state index in [4.69, 9.17) is 45.2 Å². The van der Waals surface area contributed by atoms with Crippen molar-refractivity contribution in [3.8, 4) is 5.75 Å². The summed E-state index contributed by atoms with van der Waals surface area (Å²) in [6.45, 7) is 17.2. The second-order valence-electron chi connectivity index (χ2n) is 8.54. The minimum Gasteiger partial charge on any atom is -0.478 e. The van der Waals surface area contributed by atoms with Crippen LogP contribution in [-0.2, 0) is 9.53 Å². The number of ether oxygens (including phenoxy) is 2. The zero-order valence-electron chi connectivity index (χ0n) is 28.7. The van der Waals surface area contributed by atoms with Crippen molar-refractivity contribution in [3.63, 3.8) is 0 Å². The second-order valence-corrected chi connectivity index (χ2v) is 8.54. The Bertz CT molecular complexity index is 612. The van der Waals surface area contributed by atoms with E-state index in [1.165, 1.54) is 45.3 Å². The molecule has 0 radical (unpaired) electrons. The molecule has 1 aromatic rings. The van der Waals surface area contributed by atoms with E-state index in [0.717, 1.165) is 12.8 Å². The fourth-order valence-electron chi connectivity index (χ4n) is 2.54. The predicted octanol–water partition coefficient (Wildman–Crippen LogP) is 5.92. The summed E-state index contributed by atoms with van der Waals surface area (Å²) in [5, 5.41) is 54.4. The van der Waals surface area contributed by atoms with Crippen LogP contribution in [0.2, 0.25) is 0 Å². The number of hydrogen-bond donors (Lipinski definition) is 7. The smallest absolute Gasteiger partial charge is 0.334 e. The van der Waals surface area contributed by atoms with E-state index in [2.05, 4.69) is 6.92 Å². The van der Waals surface area contributed by atoms with Gasteiger partial charge in [0.05, 0.1) is 11.8 Å². The van der Waals surface area contributed by atoms with Gasteiger partial charge >= 0.3 is 5.97 Å². The SMILES string of the molecule is CCCCCCCCCC(C)(OC=C(C)C(=O)O)Oc1ccccc1.CCO.CCO.CCO.CCO.CCO.CCO. The number of para-hydroxylation sites is 1. The normalized spacial score (nSPS) is 10.6. The van der Waals surface area contributed by atoms with Crippen LogP contribution in [0, 0.1) is 0 Å². The lowest BCUT2D eigenvalue weighted by Crippen LogP contribution is -2.34. The Morgan fingerprint density at radius 2 is 1.02 bits per heavy atom. The molecule has 7 N–H and O–H groups in total. The van der Waals surface area contributed by atoms with E-state index in [9.17, 15) is 4.79 Å². The Labute approximate surface area is 263 Å². The van der Waals surface area contributed by atoms with Crippen molar-refractivity contribution in [1.82, 2.24) is 0 Å². The zero-order valence-corrected chi connectivity index (χ0v) is 28.7. The topological polar surface area (TPSA) is 177 Å². The summed E-state index contributed by atoms with van der Waals surface area (Å²) in [5.74, 6) is -1.14. The van der Waals surface area contributed by atoms with E-state index < -0.39 is 11.8 Å². The van der Waals surface area contributed by atoms with Gasteiger partial charge in [-0.1, -0.05) is 63.6 Å². The first-order valence-electron chi connectivity index (χ1n) is 15.4. The average molecular weight is 625 g/mol. The Balaban J connectivity index is -0.000000156. The van der Waals surface area contributed by atoms with E-state index in [1.54, 1.807) is 41.5 Å². The van der Waals surface area contributed by atoms with Crippen molar-refractivity contribution in [3.05, 3.63) is 42.2 Å². The number of carbonyl (C=O) groups is 1. The molecular formula is C33H68O10. The van der Waals surface area contributed by atoms with E-state index in [0.29, 0.717) is 12.2 Å². The van der Waals surface area contributed by atoms with Gasteiger partial charge in [-0.3, -0.25) is 0 Å². The number of rotatable bonds is 13. The van der Waals surface area contributed by atoms with Gasteiger partial charge < -0.3 is 45.2 Å². The van der Waals surface area contributed by atoms with Crippen molar-refractivity contribution in [2.45, 2.75) is 119 Å². The number of carboxylic acids is 1. The van der Waals surface area contributed by atoms with Crippen LogP contribution in [0.5, 0.6) is 5.75 Å². The molecule has 0 spiro atoms. The summed E-state index contributed by atoms with van der Waals surface area (Å²) in [5.41, 5.74) is 0.155. The van der Waals surface area contributed by atoms with Gasteiger partial charge in [-0.25, -0.2) is 4.79 Å². The summed E-state index contributed by atoms with van der Waals surface area (Å²) >= 11 is 0. The molecule has 1 aromatic carbocycles. The Morgan fingerprint density at radius 3 is 1.37 bits per heavy atom. The molecule has 10 heteroatoms. The summed E-state index contributed by atoms with van der Waals surface area (Å²) in [4.78, 5) is 11.0. The molecule has 0 saturated heterocycles. The minimum absolute atomic E-state index is 0.155. The molecule has 0 heterocycles. The van der Waals surface area contributed by atoms with Gasteiger partial charge in [0.25, 0.3) is 0 Å². The zero-order chi connectivity index (χ0) is 34.8. The fraction of sp³-hybridized carbons (Fsp3) is 0.727. The monoisotopic (exact) mass is 624 g/mol. The molecule has 0 bridgehead atoms. The van der Waals surface area contributed by atoms with Crippen LogP contribution in [0.3, 0.4) is 0 Å². The molecule has 0 amide bonds. The molecule has 10 nitrogen and oxygen atoms in total. The molecule has 0 fully saturated rings. The molecule has 0 aliphatic carbocycles. The fourth-order valence-corrected chi connectivity index (χ4v) is 2.54. The van der Waals surface area contributed by atoms with Crippen LogP contribution in [0.1, 0.15) is 114 Å². The Morgan fingerprint density at radius 1 is 0.674 bits per heavy atom. The third kappa shape index (κ3) is 59.9. The molecule has 43 heavy (non-hydrogen) atoms. The average Bonchev–Trinajstić information content (AvgIpc) is 2.94. The number of benzene rings is 1. The Hall–Kier alpha value is -2.21. The van der Waals surface area contributed by atoms with Gasteiger partial charge in [0.2, 0.25) is 5.79 Å². The highest BCUT2D eigenvalue weighted by molar-refractivity contribution is 5.85. The van der Waals surface area contributed by atoms with Crippen LogP contribution < -0.4 is 4.74 Å². The predicted molar refractivity (Wildman–Crippen MR) is 177 cm³/mol. The van der Waals surface area contributed by atoms with Crippen LogP contribution in [0.4, 0.5) is 0 Å². The molecule has 1 atom stereocenters. The van der Waals surface area contributed by atoms with Crippen molar-refractivity contribution in [2.75, 3.05) is 39.6 Å². The maximum Gasteiger partial charge on any atom is 0.334 e. The summed E-state index contributed by atoms with van der Waals surface area (Å²) < 4.78 is 11.8.